The summed E-state index contributed by atoms with van der Waals surface area (Å²) in [4.78, 5) is 4.20. The fraction of sp³-hybridized carbons (Fsp3) is 0.727. The molecule has 78 valence electrons. The molecule has 1 unspecified atom stereocenters. The number of hydrogen-bond acceptors (Lipinski definition) is 2. The number of nitrogens with two attached hydrogens (primary N) is 1. The predicted molar refractivity (Wildman–Crippen MR) is 56.9 cm³/mol. The van der Waals surface area contributed by atoms with Crippen molar-refractivity contribution >= 4 is 0 Å². The van der Waals surface area contributed by atoms with E-state index in [9.17, 15) is 0 Å². The van der Waals surface area contributed by atoms with Gasteiger partial charge in [-0.2, -0.15) is 0 Å². The van der Waals surface area contributed by atoms with Crippen LogP contribution in [-0.4, -0.2) is 9.55 Å². The van der Waals surface area contributed by atoms with Gasteiger partial charge in [0.2, 0.25) is 0 Å². The molecule has 1 saturated carbocycles. The molecule has 0 amide bonds. The lowest BCUT2D eigenvalue weighted by molar-refractivity contribution is 0.462. The molecule has 3 nitrogen and oxygen atoms in total. The zero-order valence-corrected chi connectivity index (χ0v) is 9.41. The highest BCUT2D eigenvalue weighted by Gasteiger charge is 2.48. The minimum Gasteiger partial charge on any atom is -0.329 e. The average Bonchev–Trinajstić information content (AvgIpc) is 2.47. The fourth-order valence-corrected chi connectivity index (χ4v) is 1.97. The molecule has 0 saturated heterocycles. The maximum absolute atomic E-state index is 6.10. The second-order valence-corrected chi connectivity index (χ2v) is 5.62. The molecular weight excluding hydrogens is 174 g/mol. The summed E-state index contributed by atoms with van der Waals surface area (Å²) in [5, 5.41) is 0. The molecule has 2 N–H and O–H groups in total. The summed E-state index contributed by atoms with van der Waals surface area (Å²) >= 11 is 0. The van der Waals surface area contributed by atoms with Gasteiger partial charge in [0, 0.05) is 12.2 Å². The molecule has 14 heavy (non-hydrogen) atoms. The second kappa shape index (κ2) is 2.60. The summed E-state index contributed by atoms with van der Waals surface area (Å²) in [6, 6.07) is 0.586. The highest BCUT2D eigenvalue weighted by molar-refractivity contribution is 5.15. The van der Waals surface area contributed by atoms with Gasteiger partial charge in [-0.3, -0.25) is 0 Å². The van der Waals surface area contributed by atoms with Gasteiger partial charge in [0.15, 0.2) is 0 Å². The Morgan fingerprint density at radius 3 is 2.57 bits per heavy atom. The Labute approximate surface area is 85.3 Å². The third-order valence-electron chi connectivity index (χ3n) is 3.12. The lowest BCUT2D eigenvalue weighted by Gasteiger charge is -2.21. The molecule has 1 aromatic heterocycles. The summed E-state index contributed by atoms with van der Waals surface area (Å²) in [6.07, 6.45) is 5.02. The average molecular weight is 193 g/mol. The van der Waals surface area contributed by atoms with Crippen LogP contribution in [0.1, 0.15) is 45.9 Å². The van der Waals surface area contributed by atoms with Gasteiger partial charge in [-0.25, -0.2) is 4.98 Å². The zero-order chi connectivity index (χ0) is 10.6. The van der Waals surface area contributed by atoms with E-state index in [1.165, 1.54) is 6.42 Å². The molecule has 1 fully saturated rings. The Morgan fingerprint density at radius 2 is 2.14 bits per heavy atom. The van der Waals surface area contributed by atoms with E-state index in [1.54, 1.807) is 0 Å². The molecule has 3 heteroatoms. The van der Waals surface area contributed by atoms with Crippen molar-refractivity contribution in [2.45, 2.75) is 45.7 Å². The van der Waals surface area contributed by atoms with Gasteiger partial charge >= 0.3 is 0 Å². The van der Waals surface area contributed by atoms with Crippen molar-refractivity contribution in [2.24, 2.45) is 11.1 Å². The van der Waals surface area contributed by atoms with Crippen LogP contribution in [0.15, 0.2) is 12.5 Å². The minimum absolute atomic E-state index is 0.296. The fourth-order valence-electron chi connectivity index (χ4n) is 1.97. The first-order chi connectivity index (χ1) is 6.32. The molecular formula is C11H19N3. The SMILES string of the molecule is CC(C)(N)c1cncn1C1CC1(C)C. The van der Waals surface area contributed by atoms with Crippen molar-refractivity contribution in [1.82, 2.24) is 9.55 Å². The molecule has 1 aliphatic rings. The van der Waals surface area contributed by atoms with E-state index >= 15 is 0 Å². The standard InChI is InChI=1S/C11H19N3/c1-10(2)5-8(10)14-7-13-6-9(14)11(3,4)12/h6-8H,5,12H2,1-4H3. The van der Waals surface area contributed by atoms with Crippen molar-refractivity contribution in [3.05, 3.63) is 18.2 Å². The Bertz CT molecular complexity index is 344. The number of nitrogens with zero attached hydrogens (tertiary/aromatic N) is 2. The lowest BCUT2D eigenvalue weighted by atomic mass is 10.0. The van der Waals surface area contributed by atoms with Crippen LogP contribution in [0.4, 0.5) is 0 Å². The zero-order valence-electron chi connectivity index (χ0n) is 9.41. The van der Waals surface area contributed by atoms with Crippen molar-refractivity contribution in [1.29, 1.82) is 0 Å². The van der Waals surface area contributed by atoms with Gasteiger partial charge in [-0.15, -0.1) is 0 Å². The Morgan fingerprint density at radius 1 is 1.57 bits per heavy atom. The van der Waals surface area contributed by atoms with E-state index in [-0.39, 0.29) is 5.54 Å². The van der Waals surface area contributed by atoms with Gasteiger partial charge in [0.25, 0.3) is 0 Å². The van der Waals surface area contributed by atoms with Crippen LogP contribution >= 0.6 is 0 Å². The normalized spacial score (nSPS) is 25.1. The van der Waals surface area contributed by atoms with E-state index < -0.39 is 0 Å². The van der Waals surface area contributed by atoms with Gasteiger partial charge < -0.3 is 10.3 Å². The summed E-state index contributed by atoms with van der Waals surface area (Å²) < 4.78 is 2.24. The van der Waals surface area contributed by atoms with Crippen molar-refractivity contribution in [2.75, 3.05) is 0 Å². The number of rotatable bonds is 2. The molecule has 0 bridgehead atoms. The maximum atomic E-state index is 6.10. The van der Waals surface area contributed by atoms with Crippen LogP contribution in [0.5, 0.6) is 0 Å². The third kappa shape index (κ3) is 1.46. The van der Waals surface area contributed by atoms with Gasteiger partial charge in [-0.05, 0) is 25.7 Å². The van der Waals surface area contributed by atoms with Gasteiger partial charge in [0.05, 0.1) is 17.6 Å². The molecule has 1 aromatic rings. The van der Waals surface area contributed by atoms with Crippen molar-refractivity contribution in [3.63, 3.8) is 0 Å². The van der Waals surface area contributed by atoms with Crippen LogP contribution in [0.2, 0.25) is 0 Å². The van der Waals surface area contributed by atoms with E-state index in [0.717, 1.165) is 5.69 Å². The number of hydrogen-bond donors (Lipinski definition) is 1. The Balaban J connectivity index is 2.33. The quantitative estimate of drug-likeness (QED) is 0.781. The number of aromatic nitrogens is 2. The van der Waals surface area contributed by atoms with E-state index in [1.807, 2.05) is 26.4 Å². The summed E-state index contributed by atoms with van der Waals surface area (Å²) in [7, 11) is 0. The Hall–Kier alpha value is -0.830. The first-order valence-electron chi connectivity index (χ1n) is 5.13. The van der Waals surface area contributed by atoms with Gasteiger partial charge in [-0.1, -0.05) is 13.8 Å². The monoisotopic (exact) mass is 193 g/mol. The first-order valence-corrected chi connectivity index (χ1v) is 5.13. The molecule has 0 radical (unpaired) electrons. The molecule has 0 spiro atoms. The molecule has 1 aliphatic carbocycles. The van der Waals surface area contributed by atoms with Crippen LogP contribution in [0.3, 0.4) is 0 Å². The molecule has 0 aliphatic heterocycles. The largest absolute Gasteiger partial charge is 0.329 e. The van der Waals surface area contributed by atoms with Crippen LogP contribution < -0.4 is 5.73 Å². The second-order valence-electron chi connectivity index (χ2n) is 5.62. The highest BCUT2D eigenvalue weighted by atomic mass is 15.1. The van der Waals surface area contributed by atoms with Crippen LogP contribution in [-0.2, 0) is 5.54 Å². The topological polar surface area (TPSA) is 43.8 Å². The minimum atomic E-state index is -0.296. The van der Waals surface area contributed by atoms with E-state index in [2.05, 4.69) is 23.4 Å². The molecule has 2 rings (SSSR count). The Kier molecular flexibility index (Phi) is 1.80. The molecule has 1 heterocycles. The van der Waals surface area contributed by atoms with E-state index in [4.69, 9.17) is 5.73 Å². The summed E-state index contributed by atoms with van der Waals surface area (Å²) in [5.74, 6) is 0. The molecule has 1 atom stereocenters. The van der Waals surface area contributed by atoms with Crippen LogP contribution in [0.25, 0.3) is 0 Å². The third-order valence-corrected chi connectivity index (χ3v) is 3.12. The summed E-state index contributed by atoms with van der Waals surface area (Å²) in [5.41, 5.74) is 7.35. The smallest absolute Gasteiger partial charge is 0.0951 e. The van der Waals surface area contributed by atoms with Crippen molar-refractivity contribution in [3.8, 4) is 0 Å². The van der Waals surface area contributed by atoms with Crippen molar-refractivity contribution < 1.29 is 0 Å². The van der Waals surface area contributed by atoms with E-state index in [0.29, 0.717) is 11.5 Å². The molecule has 0 aromatic carbocycles. The maximum Gasteiger partial charge on any atom is 0.0951 e. The highest BCUT2D eigenvalue weighted by Crippen LogP contribution is 2.56. The number of imidazole rings is 1. The first kappa shape index (κ1) is 9.71. The lowest BCUT2D eigenvalue weighted by Crippen LogP contribution is -2.31. The van der Waals surface area contributed by atoms with Crippen LogP contribution in [0, 0.1) is 5.41 Å². The predicted octanol–water partition coefficient (Wildman–Crippen LogP) is 2.05. The summed E-state index contributed by atoms with van der Waals surface area (Å²) in [6.45, 7) is 8.61. The van der Waals surface area contributed by atoms with Gasteiger partial charge in [0.1, 0.15) is 0 Å².